The van der Waals surface area contributed by atoms with Gasteiger partial charge in [0.15, 0.2) is 0 Å². The van der Waals surface area contributed by atoms with Gasteiger partial charge in [0.25, 0.3) is 0 Å². The Morgan fingerprint density at radius 2 is 2.00 bits per heavy atom. The quantitative estimate of drug-likeness (QED) is 0.675. The fourth-order valence-corrected chi connectivity index (χ4v) is 3.14. The van der Waals surface area contributed by atoms with Gasteiger partial charge in [-0.2, -0.15) is 4.72 Å². The van der Waals surface area contributed by atoms with E-state index in [4.69, 9.17) is 5.73 Å². The van der Waals surface area contributed by atoms with Gasteiger partial charge in [-0.3, -0.25) is 4.79 Å². The van der Waals surface area contributed by atoms with Gasteiger partial charge >= 0.3 is 0 Å². The number of hydrogen-bond acceptors (Lipinski definition) is 4. The first-order valence-electron chi connectivity index (χ1n) is 6.50. The molecule has 1 amide bonds. The van der Waals surface area contributed by atoms with Crippen LogP contribution in [0.5, 0.6) is 0 Å². The van der Waals surface area contributed by atoms with Crippen molar-refractivity contribution in [2.75, 3.05) is 6.54 Å². The number of benzene rings is 1. The van der Waals surface area contributed by atoms with Crippen LogP contribution < -0.4 is 15.8 Å². The fraction of sp³-hybridized carbons (Fsp3) is 0.462. The number of nitrogens with one attached hydrogen (secondary N) is 2. The molecule has 0 aromatic heterocycles. The van der Waals surface area contributed by atoms with E-state index in [1.807, 2.05) is 6.92 Å². The van der Waals surface area contributed by atoms with Crippen LogP contribution >= 0.6 is 0 Å². The third-order valence-corrected chi connectivity index (χ3v) is 4.40. The van der Waals surface area contributed by atoms with Crippen molar-refractivity contribution in [3.63, 3.8) is 0 Å². The lowest BCUT2D eigenvalue weighted by atomic mass is 10.2. The minimum absolute atomic E-state index is 0.109. The van der Waals surface area contributed by atoms with Crippen molar-refractivity contribution in [2.45, 2.75) is 37.8 Å². The predicted molar refractivity (Wildman–Crippen MR) is 77.4 cm³/mol. The minimum Gasteiger partial charge on any atom is -0.355 e. The van der Waals surface area contributed by atoms with Crippen LogP contribution in [0.3, 0.4) is 0 Å². The molecule has 6 nitrogen and oxygen atoms in total. The van der Waals surface area contributed by atoms with Crippen LogP contribution in [0.15, 0.2) is 29.2 Å². The summed E-state index contributed by atoms with van der Waals surface area (Å²) in [5, 5.41) is 2.64. The van der Waals surface area contributed by atoms with Crippen LogP contribution in [0.2, 0.25) is 0 Å². The molecule has 0 spiro atoms. The summed E-state index contributed by atoms with van der Waals surface area (Å²) in [6.07, 6.45) is 0.793. The molecule has 1 aromatic carbocycles. The molecule has 0 bridgehead atoms. The highest BCUT2D eigenvalue weighted by Crippen LogP contribution is 2.15. The number of carbonyl (C=O) groups is 1. The van der Waals surface area contributed by atoms with E-state index in [9.17, 15) is 13.2 Å². The molecular formula is C13H21N3O3S. The van der Waals surface area contributed by atoms with Crippen LogP contribution in [0.4, 0.5) is 0 Å². The highest BCUT2D eigenvalue weighted by molar-refractivity contribution is 7.89. The lowest BCUT2D eigenvalue weighted by Crippen LogP contribution is -2.45. The second-order valence-corrected chi connectivity index (χ2v) is 6.13. The zero-order valence-corrected chi connectivity index (χ0v) is 12.5. The largest absolute Gasteiger partial charge is 0.355 e. The van der Waals surface area contributed by atoms with E-state index in [1.165, 1.54) is 13.0 Å². The highest BCUT2D eigenvalue weighted by Gasteiger charge is 2.23. The molecule has 0 aliphatic heterocycles. The van der Waals surface area contributed by atoms with Crippen LogP contribution in [-0.2, 0) is 21.4 Å². The van der Waals surface area contributed by atoms with Gasteiger partial charge in [0.05, 0.1) is 10.9 Å². The average molecular weight is 299 g/mol. The summed E-state index contributed by atoms with van der Waals surface area (Å²) in [4.78, 5) is 11.8. The van der Waals surface area contributed by atoms with Crippen molar-refractivity contribution in [1.29, 1.82) is 0 Å². The van der Waals surface area contributed by atoms with E-state index in [-0.39, 0.29) is 17.3 Å². The van der Waals surface area contributed by atoms with Gasteiger partial charge in [0.1, 0.15) is 0 Å². The summed E-state index contributed by atoms with van der Waals surface area (Å²) in [5.41, 5.74) is 6.05. The molecule has 1 atom stereocenters. The van der Waals surface area contributed by atoms with Crippen molar-refractivity contribution >= 4 is 15.9 Å². The molecule has 0 radical (unpaired) electrons. The predicted octanol–water partition coefficient (Wildman–Crippen LogP) is 0.338. The molecule has 1 rings (SSSR count). The lowest BCUT2D eigenvalue weighted by Gasteiger charge is -2.15. The zero-order chi connectivity index (χ0) is 15.2. The van der Waals surface area contributed by atoms with Gasteiger partial charge < -0.3 is 11.1 Å². The third-order valence-electron chi connectivity index (χ3n) is 2.76. The van der Waals surface area contributed by atoms with Gasteiger partial charge in [-0.05, 0) is 25.0 Å². The fourth-order valence-electron chi connectivity index (χ4n) is 1.69. The SMILES string of the molecule is CCCNC(=O)C(C)NS(=O)(=O)c1ccccc1CN. The molecule has 1 unspecified atom stereocenters. The van der Waals surface area contributed by atoms with E-state index < -0.39 is 16.1 Å². The van der Waals surface area contributed by atoms with Gasteiger partial charge in [-0.1, -0.05) is 25.1 Å². The molecule has 0 saturated carbocycles. The number of rotatable bonds is 7. The molecule has 112 valence electrons. The monoisotopic (exact) mass is 299 g/mol. The topological polar surface area (TPSA) is 101 Å². The van der Waals surface area contributed by atoms with Gasteiger partial charge in [-0.15, -0.1) is 0 Å². The third kappa shape index (κ3) is 4.29. The molecule has 20 heavy (non-hydrogen) atoms. The Morgan fingerprint density at radius 3 is 2.60 bits per heavy atom. The number of hydrogen-bond donors (Lipinski definition) is 3. The van der Waals surface area contributed by atoms with Crippen molar-refractivity contribution in [2.24, 2.45) is 5.73 Å². The maximum atomic E-state index is 12.3. The maximum Gasteiger partial charge on any atom is 0.241 e. The molecule has 0 aliphatic rings. The summed E-state index contributed by atoms with van der Waals surface area (Å²) in [5.74, 6) is -0.347. The number of carbonyl (C=O) groups excluding carboxylic acids is 1. The molecule has 1 aromatic rings. The Bertz CT molecular complexity index is 558. The first-order valence-corrected chi connectivity index (χ1v) is 7.98. The Kier molecular flexibility index (Phi) is 6.12. The smallest absolute Gasteiger partial charge is 0.241 e. The number of sulfonamides is 1. The molecule has 7 heteroatoms. The molecule has 0 heterocycles. The van der Waals surface area contributed by atoms with Crippen molar-refractivity contribution < 1.29 is 13.2 Å². The Morgan fingerprint density at radius 1 is 1.35 bits per heavy atom. The van der Waals surface area contributed by atoms with Gasteiger partial charge in [0, 0.05) is 13.1 Å². The van der Waals surface area contributed by atoms with Crippen LogP contribution in [0.25, 0.3) is 0 Å². The van der Waals surface area contributed by atoms with Crippen molar-refractivity contribution in [3.05, 3.63) is 29.8 Å². The Labute approximate surface area is 119 Å². The molecule has 4 N–H and O–H groups in total. The normalized spacial score (nSPS) is 12.9. The number of nitrogens with two attached hydrogens (primary N) is 1. The van der Waals surface area contributed by atoms with Gasteiger partial charge in [0.2, 0.25) is 15.9 Å². The van der Waals surface area contributed by atoms with E-state index in [2.05, 4.69) is 10.0 Å². The van der Waals surface area contributed by atoms with Crippen molar-refractivity contribution in [1.82, 2.24) is 10.0 Å². The minimum atomic E-state index is -3.76. The van der Waals surface area contributed by atoms with E-state index in [1.54, 1.807) is 18.2 Å². The molecule has 0 aliphatic carbocycles. The molecule has 0 saturated heterocycles. The molecule has 0 fully saturated rings. The highest BCUT2D eigenvalue weighted by atomic mass is 32.2. The summed E-state index contributed by atoms with van der Waals surface area (Å²) >= 11 is 0. The Balaban J connectivity index is 2.87. The first-order chi connectivity index (χ1) is 9.42. The summed E-state index contributed by atoms with van der Waals surface area (Å²) < 4.78 is 26.9. The summed E-state index contributed by atoms with van der Waals surface area (Å²) in [6.45, 7) is 4.07. The van der Waals surface area contributed by atoms with Crippen LogP contribution in [0.1, 0.15) is 25.8 Å². The molecular weight excluding hydrogens is 278 g/mol. The maximum absolute atomic E-state index is 12.3. The summed E-state index contributed by atoms with van der Waals surface area (Å²) in [6, 6.07) is 5.63. The van der Waals surface area contributed by atoms with E-state index in [0.717, 1.165) is 6.42 Å². The second kappa shape index (κ2) is 7.37. The van der Waals surface area contributed by atoms with E-state index in [0.29, 0.717) is 12.1 Å². The van der Waals surface area contributed by atoms with Gasteiger partial charge in [-0.25, -0.2) is 8.42 Å². The van der Waals surface area contributed by atoms with E-state index >= 15 is 0 Å². The Hall–Kier alpha value is -1.44. The standard InChI is InChI=1S/C13H21N3O3S/c1-3-8-15-13(17)10(2)16-20(18,19)12-7-5-4-6-11(12)9-14/h4-7,10,16H,3,8-9,14H2,1-2H3,(H,15,17). The van der Waals surface area contributed by atoms with Crippen LogP contribution in [0, 0.1) is 0 Å². The second-order valence-electron chi connectivity index (χ2n) is 4.45. The first kappa shape index (κ1) is 16.6. The van der Waals surface area contributed by atoms with Crippen molar-refractivity contribution in [3.8, 4) is 0 Å². The average Bonchev–Trinajstić information content (AvgIpc) is 2.44. The van der Waals surface area contributed by atoms with Crippen LogP contribution in [-0.4, -0.2) is 26.9 Å². The lowest BCUT2D eigenvalue weighted by molar-refractivity contribution is -0.122. The summed E-state index contributed by atoms with van der Waals surface area (Å²) in [7, 11) is -3.76. The zero-order valence-electron chi connectivity index (χ0n) is 11.7. The number of amides is 1.